The number of thiophene rings is 1. The molecule has 0 saturated heterocycles. The summed E-state index contributed by atoms with van der Waals surface area (Å²) in [6, 6.07) is 2.03. The minimum atomic E-state index is 0.438. The minimum Gasteiger partial charge on any atom is -0.397 e. The highest BCUT2D eigenvalue weighted by atomic mass is 32.1. The van der Waals surface area contributed by atoms with E-state index in [9.17, 15) is 0 Å². The first-order valence-electron chi connectivity index (χ1n) is 13.8. The van der Waals surface area contributed by atoms with Crippen molar-refractivity contribution in [3.05, 3.63) is 76.7 Å². The fourth-order valence-corrected chi connectivity index (χ4v) is 6.05. The van der Waals surface area contributed by atoms with Crippen molar-refractivity contribution in [2.24, 2.45) is 41.2 Å². The Bertz CT molecular complexity index is 908. The van der Waals surface area contributed by atoms with Gasteiger partial charge in [-0.3, -0.25) is 0 Å². The van der Waals surface area contributed by atoms with Crippen molar-refractivity contribution in [2.45, 2.75) is 79.6 Å². The third-order valence-electron chi connectivity index (χ3n) is 7.91. The van der Waals surface area contributed by atoms with E-state index < -0.39 is 0 Å². The van der Waals surface area contributed by atoms with Crippen LogP contribution in [0.4, 0.5) is 0 Å². The molecule has 1 heterocycles. The maximum atomic E-state index is 6.34. The van der Waals surface area contributed by atoms with Crippen LogP contribution >= 0.6 is 11.3 Å². The smallest absolute Gasteiger partial charge is 0.0572 e. The minimum absolute atomic E-state index is 0.438. The summed E-state index contributed by atoms with van der Waals surface area (Å²) in [5.74, 6) is 9.24. The predicted molar refractivity (Wildman–Crippen MR) is 161 cm³/mol. The van der Waals surface area contributed by atoms with E-state index in [0.717, 1.165) is 43.5 Å². The van der Waals surface area contributed by atoms with E-state index in [2.05, 4.69) is 71.4 Å². The molecule has 1 aromatic heterocycles. The van der Waals surface area contributed by atoms with Gasteiger partial charge in [0.05, 0.1) is 5.70 Å². The van der Waals surface area contributed by atoms with Gasteiger partial charge < -0.3 is 10.7 Å². The van der Waals surface area contributed by atoms with Crippen LogP contribution in [0.25, 0.3) is 5.70 Å². The van der Waals surface area contributed by atoms with Crippen LogP contribution in [0.2, 0.25) is 0 Å². The van der Waals surface area contributed by atoms with Crippen LogP contribution in [0, 0.1) is 29.6 Å². The lowest BCUT2D eigenvalue weighted by Crippen LogP contribution is -2.29. The van der Waals surface area contributed by atoms with Crippen LogP contribution in [-0.4, -0.2) is 11.6 Å². The third kappa shape index (κ3) is 10.5. The van der Waals surface area contributed by atoms with Crippen molar-refractivity contribution in [1.82, 2.24) is 5.01 Å². The molecule has 0 saturated carbocycles. The third-order valence-corrected chi connectivity index (χ3v) is 8.59. The summed E-state index contributed by atoms with van der Waals surface area (Å²) in [5.41, 5.74) is 12.0. The largest absolute Gasteiger partial charge is 0.397 e. The van der Waals surface area contributed by atoms with Crippen molar-refractivity contribution in [3.63, 3.8) is 0 Å². The standard InChI is InChI=1S/C32H51N3S/c1-8-30-19-25(4)10-9-24(3)18-29(13-15-35(34)21-32(33)31-14-16-36-22-31)20-27(6)26(5)12-11-23(2)17-28(30)7/h11-12,14,16-17,21-22,24,27-30H,4-5,8-10,13,15,18-20,33-34H2,1-3,6-7H3/b12-11+,23-17+,32-21-/t24-,27+,28-,29+,30-/m0/s1. The van der Waals surface area contributed by atoms with Crippen LogP contribution in [0.5, 0.6) is 0 Å². The topological polar surface area (TPSA) is 55.3 Å². The van der Waals surface area contributed by atoms with Crippen molar-refractivity contribution >= 4 is 17.0 Å². The first kappa shape index (κ1) is 30.2. The highest BCUT2D eigenvalue weighted by Gasteiger charge is 2.20. The predicted octanol–water partition coefficient (Wildman–Crippen LogP) is 8.70. The zero-order valence-electron chi connectivity index (χ0n) is 23.5. The first-order chi connectivity index (χ1) is 17.1. The van der Waals surface area contributed by atoms with Gasteiger partial charge in [0.2, 0.25) is 0 Å². The SMILES string of the molecule is C=C1CC[C@H](C)C[C@@H](CCN(N)/C=C(\N)c2ccsc2)C[C@@H](C)C(=C)/C=C/C(C)=C/[C@H](C)[C@@H](CC)C1. The summed E-state index contributed by atoms with van der Waals surface area (Å²) < 4.78 is 0. The lowest BCUT2D eigenvalue weighted by molar-refractivity contribution is 0.272. The van der Waals surface area contributed by atoms with Crippen LogP contribution < -0.4 is 11.6 Å². The summed E-state index contributed by atoms with van der Waals surface area (Å²) in [6.07, 6.45) is 16.8. The summed E-state index contributed by atoms with van der Waals surface area (Å²) in [6.45, 7) is 21.3. The number of rotatable bonds is 6. The molecule has 200 valence electrons. The number of allylic oxidation sites excluding steroid dienone is 6. The van der Waals surface area contributed by atoms with Gasteiger partial charge in [-0.2, -0.15) is 11.3 Å². The molecule has 0 spiro atoms. The molecular weight excluding hydrogens is 458 g/mol. The summed E-state index contributed by atoms with van der Waals surface area (Å²) in [4.78, 5) is 0. The lowest BCUT2D eigenvalue weighted by Gasteiger charge is -2.27. The van der Waals surface area contributed by atoms with E-state index in [1.165, 1.54) is 36.0 Å². The van der Waals surface area contributed by atoms with Crippen LogP contribution in [0.15, 0.2) is 71.1 Å². The maximum absolute atomic E-state index is 6.34. The monoisotopic (exact) mass is 509 g/mol. The van der Waals surface area contributed by atoms with E-state index in [1.54, 1.807) is 16.3 Å². The number of hydrogen-bond donors (Lipinski definition) is 2. The molecule has 0 bridgehead atoms. The van der Waals surface area contributed by atoms with E-state index in [1.807, 2.05) is 17.6 Å². The highest BCUT2D eigenvalue weighted by molar-refractivity contribution is 7.08. The fraction of sp³-hybridized carbons (Fsp3) is 0.562. The zero-order valence-corrected chi connectivity index (χ0v) is 24.3. The van der Waals surface area contributed by atoms with Gasteiger partial charge in [0.15, 0.2) is 0 Å². The van der Waals surface area contributed by atoms with Crippen LogP contribution in [0.1, 0.15) is 85.1 Å². The molecule has 4 heteroatoms. The van der Waals surface area contributed by atoms with Crippen molar-refractivity contribution < 1.29 is 0 Å². The molecule has 4 N–H and O–H groups in total. The van der Waals surface area contributed by atoms with E-state index in [-0.39, 0.29) is 0 Å². The summed E-state index contributed by atoms with van der Waals surface area (Å²) in [7, 11) is 0. The molecule has 1 aromatic rings. The number of nitrogens with two attached hydrogens (primary N) is 2. The molecule has 2 rings (SSSR count). The molecular formula is C32H51N3S. The van der Waals surface area contributed by atoms with Gasteiger partial charge >= 0.3 is 0 Å². The van der Waals surface area contributed by atoms with E-state index >= 15 is 0 Å². The van der Waals surface area contributed by atoms with E-state index in [0.29, 0.717) is 29.6 Å². The van der Waals surface area contributed by atoms with Gasteiger partial charge in [0.1, 0.15) is 0 Å². The Morgan fingerprint density at radius 2 is 1.94 bits per heavy atom. The van der Waals surface area contributed by atoms with Gasteiger partial charge in [-0.1, -0.05) is 82.2 Å². The number of nitrogens with zero attached hydrogens (tertiary/aromatic N) is 1. The van der Waals surface area contributed by atoms with Gasteiger partial charge in [-0.25, -0.2) is 5.84 Å². The normalized spacial score (nSPS) is 30.0. The fourth-order valence-electron chi connectivity index (χ4n) is 5.38. The quantitative estimate of drug-likeness (QED) is 0.229. The second-order valence-corrected chi connectivity index (χ2v) is 12.1. The average Bonchev–Trinajstić information content (AvgIpc) is 3.37. The van der Waals surface area contributed by atoms with Crippen molar-refractivity contribution in [3.8, 4) is 0 Å². The second-order valence-electron chi connectivity index (χ2n) is 11.3. The molecule has 0 aliphatic heterocycles. The van der Waals surface area contributed by atoms with Crippen LogP contribution in [-0.2, 0) is 0 Å². The average molecular weight is 510 g/mol. The molecule has 0 unspecified atom stereocenters. The Morgan fingerprint density at radius 3 is 2.61 bits per heavy atom. The Hall–Kier alpha value is -2.04. The Kier molecular flexibility index (Phi) is 12.8. The van der Waals surface area contributed by atoms with Crippen molar-refractivity contribution in [2.75, 3.05) is 6.54 Å². The number of hydrogen-bond acceptors (Lipinski definition) is 4. The maximum Gasteiger partial charge on any atom is 0.0572 e. The molecule has 1 aliphatic rings. The first-order valence-corrected chi connectivity index (χ1v) is 14.8. The molecule has 0 aromatic carbocycles. The number of hydrazine groups is 1. The Labute approximate surface area is 225 Å². The molecule has 36 heavy (non-hydrogen) atoms. The molecule has 0 fully saturated rings. The van der Waals surface area contributed by atoms with Crippen molar-refractivity contribution in [1.29, 1.82) is 0 Å². The second kappa shape index (κ2) is 15.3. The summed E-state index contributed by atoms with van der Waals surface area (Å²) >= 11 is 1.65. The summed E-state index contributed by atoms with van der Waals surface area (Å²) in [5, 5.41) is 5.85. The van der Waals surface area contributed by atoms with Gasteiger partial charge in [-0.05, 0) is 86.5 Å². The Balaban J connectivity index is 2.13. The van der Waals surface area contributed by atoms with Crippen LogP contribution in [0.3, 0.4) is 0 Å². The molecule has 0 radical (unpaired) electrons. The molecule has 5 atom stereocenters. The van der Waals surface area contributed by atoms with E-state index in [4.69, 9.17) is 11.6 Å². The lowest BCUT2D eigenvalue weighted by atomic mass is 9.80. The highest BCUT2D eigenvalue weighted by Crippen LogP contribution is 2.32. The molecule has 1 aliphatic carbocycles. The van der Waals surface area contributed by atoms with Gasteiger partial charge in [0, 0.05) is 23.7 Å². The molecule has 3 nitrogen and oxygen atoms in total. The zero-order chi connectivity index (χ0) is 26.7. The van der Waals surface area contributed by atoms with Gasteiger partial charge in [0.25, 0.3) is 0 Å². The Morgan fingerprint density at radius 1 is 1.19 bits per heavy atom. The molecule has 0 amide bonds. The van der Waals surface area contributed by atoms with Gasteiger partial charge in [-0.15, -0.1) is 0 Å².